The summed E-state index contributed by atoms with van der Waals surface area (Å²) in [5.41, 5.74) is 8.10. The average molecular weight is 124 g/mol. The van der Waals surface area contributed by atoms with Crippen LogP contribution in [0.4, 0.5) is 0 Å². The van der Waals surface area contributed by atoms with Crippen LogP contribution in [0.2, 0.25) is 0 Å². The Kier molecular flexibility index (Phi) is 1.58. The molecule has 0 aliphatic rings. The van der Waals surface area contributed by atoms with E-state index in [1.165, 1.54) is 0 Å². The molecule has 0 saturated heterocycles. The predicted octanol–water partition coefficient (Wildman–Crippen LogP) is 1.68. The zero-order chi connectivity index (χ0) is 6.85. The van der Waals surface area contributed by atoms with Gasteiger partial charge in [-0.1, -0.05) is 0 Å². The molecule has 0 aromatic carbocycles. The summed E-state index contributed by atoms with van der Waals surface area (Å²) in [5.74, 6) is 1.68. The third-order valence-corrected chi connectivity index (χ3v) is 1.39. The van der Waals surface area contributed by atoms with E-state index in [1.807, 2.05) is 19.9 Å². The fourth-order valence-electron chi connectivity index (χ4n) is 0.737. The number of nitrogens with one attached hydrogen (secondary N) is 1. The Labute approximate surface area is 54.7 Å². The molecule has 0 atom stereocenters. The molecule has 1 aromatic rings. The Morgan fingerprint density at radius 3 is 2.44 bits per heavy atom. The second kappa shape index (κ2) is 2.23. The molecule has 0 aliphatic carbocycles. The molecule has 1 N–H and O–H groups in total. The number of aryl methyl sites for hydroxylation is 2. The molecule has 9 heavy (non-hydrogen) atoms. The van der Waals surface area contributed by atoms with Gasteiger partial charge in [-0.15, -0.1) is 0 Å². The van der Waals surface area contributed by atoms with Gasteiger partial charge in [0.1, 0.15) is 11.5 Å². The van der Waals surface area contributed by atoms with E-state index in [4.69, 9.17) is 10.2 Å². The van der Waals surface area contributed by atoms with Crippen LogP contribution in [0.3, 0.4) is 0 Å². The van der Waals surface area contributed by atoms with E-state index in [1.54, 1.807) is 0 Å². The van der Waals surface area contributed by atoms with Gasteiger partial charge < -0.3 is 4.42 Å². The summed E-state index contributed by atoms with van der Waals surface area (Å²) < 4.78 is 5.18. The van der Waals surface area contributed by atoms with Crippen molar-refractivity contribution in [1.29, 1.82) is 0 Å². The molecule has 2 nitrogen and oxygen atoms in total. The maximum atomic E-state index is 6.96. The van der Waals surface area contributed by atoms with E-state index >= 15 is 0 Å². The first kappa shape index (κ1) is 6.36. The molecular weight excluding hydrogens is 114 g/mol. The van der Waals surface area contributed by atoms with Crippen LogP contribution in [0, 0.1) is 13.8 Å². The summed E-state index contributed by atoms with van der Waals surface area (Å²) >= 11 is 0. The Balaban J connectivity index is 2.98. The lowest BCUT2D eigenvalue weighted by Gasteiger charge is -1.83. The Hall–Kier alpha value is -0.760. The van der Waals surface area contributed by atoms with Gasteiger partial charge in [0, 0.05) is 0 Å². The smallest absolute Gasteiger partial charge is 0.119 e. The van der Waals surface area contributed by atoms with Crippen LogP contribution in [-0.4, -0.2) is 0 Å². The van der Waals surface area contributed by atoms with Crippen molar-refractivity contribution in [2.75, 3.05) is 0 Å². The SMILES string of the molecule is Cc1cc(C[NH])oc1C. The topological polar surface area (TPSA) is 36.9 Å². The lowest BCUT2D eigenvalue weighted by Crippen LogP contribution is -1.76. The first-order valence-electron chi connectivity index (χ1n) is 2.94. The molecular formula is C7H10NO. The Morgan fingerprint density at radius 2 is 2.22 bits per heavy atom. The third-order valence-electron chi connectivity index (χ3n) is 1.39. The molecule has 49 valence electrons. The van der Waals surface area contributed by atoms with Crippen molar-refractivity contribution in [3.8, 4) is 0 Å². The van der Waals surface area contributed by atoms with Gasteiger partial charge in [-0.3, -0.25) is 0 Å². The molecule has 1 heterocycles. The number of hydrogen-bond donors (Lipinski definition) is 0. The molecule has 1 radical (unpaired) electrons. The van der Waals surface area contributed by atoms with Gasteiger partial charge in [0.15, 0.2) is 0 Å². The van der Waals surface area contributed by atoms with E-state index in [2.05, 4.69) is 0 Å². The van der Waals surface area contributed by atoms with Crippen LogP contribution < -0.4 is 5.73 Å². The van der Waals surface area contributed by atoms with E-state index in [0.29, 0.717) is 0 Å². The standard InChI is InChI=1S/C7H10NO/c1-5-3-7(4-8)9-6(5)2/h3,8H,4H2,1-2H3. The molecule has 2 heteroatoms. The van der Waals surface area contributed by atoms with Crippen LogP contribution in [0.15, 0.2) is 10.5 Å². The van der Waals surface area contributed by atoms with Crippen LogP contribution >= 0.6 is 0 Å². The van der Waals surface area contributed by atoms with E-state index < -0.39 is 0 Å². The molecule has 0 saturated carbocycles. The average Bonchev–Trinajstić information content (AvgIpc) is 2.13. The number of furan rings is 1. The van der Waals surface area contributed by atoms with Crippen molar-refractivity contribution in [3.05, 3.63) is 23.2 Å². The first-order valence-corrected chi connectivity index (χ1v) is 2.94. The fraction of sp³-hybridized carbons (Fsp3) is 0.429. The van der Waals surface area contributed by atoms with E-state index in [9.17, 15) is 0 Å². The molecule has 0 aliphatic heterocycles. The van der Waals surface area contributed by atoms with Gasteiger partial charge in [0.2, 0.25) is 0 Å². The van der Waals surface area contributed by atoms with Gasteiger partial charge in [-0.05, 0) is 25.5 Å². The number of rotatable bonds is 1. The first-order chi connectivity index (χ1) is 4.24. The third kappa shape index (κ3) is 1.13. The van der Waals surface area contributed by atoms with E-state index in [-0.39, 0.29) is 6.54 Å². The van der Waals surface area contributed by atoms with Crippen molar-refractivity contribution in [3.63, 3.8) is 0 Å². The van der Waals surface area contributed by atoms with Gasteiger partial charge in [-0.2, -0.15) is 0 Å². The summed E-state index contributed by atoms with van der Waals surface area (Å²) in [4.78, 5) is 0. The van der Waals surface area contributed by atoms with Crippen LogP contribution in [0.5, 0.6) is 0 Å². The summed E-state index contributed by atoms with van der Waals surface area (Å²) in [7, 11) is 0. The van der Waals surface area contributed by atoms with Crippen LogP contribution in [0.1, 0.15) is 17.1 Å². The summed E-state index contributed by atoms with van der Waals surface area (Å²) in [5, 5.41) is 0. The monoisotopic (exact) mass is 124 g/mol. The van der Waals surface area contributed by atoms with Gasteiger partial charge in [0.05, 0.1) is 6.54 Å². The molecule has 0 unspecified atom stereocenters. The molecule has 1 aromatic heterocycles. The Bertz CT molecular complexity index is 183. The zero-order valence-electron chi connectivity index (χ0n) is 5.69. The summed E-state index contributed by atoms with van der Waals surface area (Å²) in [6.45, 7) is 4.14. The minimum absolute atomic E-state index is 0.245. The maximum Gasteiger partial charge on any atom is 0.119 e. The quantitative estimate of drug-likeness (QED) is 0.561. The summed E-state index contributed by atoms with van der Waals surface area (Å²) in [6, 6.07) is 1.91. The molecule has 0 spiro atoms. The Morgan fingerprint density at radius 1 is 1.56 bits per heavy atom. The maximum absolute atomic E-state index is 6.96. The normalized spacial score (nSPS) is 10.1. The fourth-order valence-corrected chi connectivity index (χ4v) is 0.737. The van der Waals surface area contributed by atoms with E-state index in [0.717, 1.165) is 17.1 Å². The van der Waals surface area contributed by atoms with Gasteiger partial charge >= 0.3 is 0 Å². The van der Waals surface area contributed by atoms with Crippen molar-refractivity contribution >= 4 is 0 Å². The number of hydrogen-bond acceptors (Lipinski definition) is 1. The lowest BCUT2D eigenvalue weighted by atomic mass is 10.3. The van der Waals surface area contributed by atoms with Crippen molar-refractivity contribution < 1.29 is 4.42 Å². The molecule has 1 rings (SSSR count). The van der Waals surface area contributed by atoms with Crippen molar-refractivity contribution in [2.24, 2.45) is 0 Å². The van der Waals surface area contributed by atoms with Crippen LogP contribution in [-0.2, 0) is 6.54 Å². The van der Waals surface area contributed by atoms with Crippen molar-refractivity contribution in [1.82, 2.24) is 5.73 Å². The highest BCUT2D eigenvalue weighted by molar-refractivity contribution is 5.18. The lowest BCUT2D eigenvalue weighted by molar-refractivity contribution is 0.482. The zero-order valence-corrected chi connectivity index (χ0v) is 5.69. The van der Waals surface area contributed by atoms with Crippen molar-refractivity contribution in [2.45, 2.75) is 20.4 Å². The molecule has 0 bridgehead atoms. The van der Waals surface area contributed by atoms with Crippen LogP contribution in [0.25, 0.3) is 0 Å². The summed E-state index contributed by atoms with van der Waals surface area (Å²) in [6.07, 6.45) is 0. The minimum atomic E-state index is 0.245. The van der Waals surface area contributed by atoms with Gasteiger partial charge in [0.25, 0.3) is 0 Å². The second-order valence-corrected chi connectivity index (χ2v) is 2.13. The highest BCUT2D eigenvalue weighted by Crippen LogP contribution is 2.11. The highest BCUT2D eigenvalue weighted by Gasteiger charge is 1.99. The predicted molar refractivity (Wildman–Crippen MR) is 35.0 cm³/mol. The van der Waals surface area contributed by atoms with Gasteiger partial charge in [-0.25, -0.2) is 5.73 Å². The largest absolute Gasteiger partial charge is 0.465 e. The minimum Gasteiger partial charge on any atom is -0.465 e. The molecule has 0 fully saturated rings. The second-order valence-electron chi connectivity index (χ2n) is 2.13. The highest BCUT2D eigenvalue weighted by atomic mass is 16.3. The molecule has 0 amide bonds.